The van der Waals surface area contributed by atoms with Gasteiger partial charge < -0.3 is 14.8 Å². The van der Waals surface area contributed by atoms with Crippen LogP contribution < -0.4 is 10.1 Å². The van der Waals surface area contributed by atoms with Crippen molar-refractivity contribution in [1.82, 2.24) is 9.62 Å². The number of esters is 1. The van der Waals surface area contributed by atoms with E-state index in [-0.39, 0.29) is 28.8 Å². The highest BCUT2D eigenvalue weighted by atomic mass is 32.2. The fourth-order valence-electron chi connectivity index (χ4n) is 3.42. The minimum absolute atomic E-state index is 0.0126. The Balaban J connectivity index is 1.70. The number of benzene rings is 3. The zero-order chi connectivity index (χ0) is 25.4. The fraction of sp³-hybridized carbons (Fsp3) is 0.231. The van der Waals surface area contributed by atoms with E-state index in [0.29, 0.717) is 0 Å². The van der Waals surface area contributed by atoms with Gasteiger partial charge in [-0.1, -0.05) is 60.7 Å². The van der Waals surface area contributed by atoms with Crippen molar-refractivity contribution in [3.63, 3.8) is 0 Å². The van der Waals surface area contributed by atoms with E-state index in [1.54, 1.807) is 0 Å². The summed E-state index contributed by atoms with van der Waals surface area (Å²) in [4.78, 5) is 24.7. The number of amides is 1. The monoisotopic (exact) mass is 496 g/mol. The summed E-state index contributed by atoms with van der Waals surface area (Å²) < 4.78 is 38.0. The van der Waals surface area contributed by atoms with Gasteiger partial charge in [0.1, 0.15) is 10.6 Å². The number of methoxy groups -OCH3 is 1. The van der Waals surface area contributed by atoms with Crippen molar-refractivity contribution in [2.45, 2.75) is 24.4 Å². The molecule has 1 amide bonds. The summed E-state index contributed by atoms with van der Waals surface area (Å²) in [5, 5.41) is 2.76. The zero-order valence-electron chi connectivity index (χ0n) is 19.8. The number of rotatable bonds is 10. The number of carbonyl (C=O) groups is 2. The van der Waals surface area contributed by atoms with Crippen LogP contribution in [0, 0.1) is 0 Å². The van der Waals surface area contributed by atoms with Crippen LogP contribution in [-0.4, -0.2) is 45.4 Å². The molecule has 0 fully saturated rings. The van der Waals surface area contributed by atoms with Gasteiger partial charge in [-0.15, -0.1) is 0 Å². The standard InChI is InChI=1S/C26H28N2O6S/c1-19(21-12-8-5-9-13-21)27-25(29)18-34-26(30)22-14-15-23(33-3)24(16-22)35(31,32)28(2)17-20-10-6-4-7-11-20/h4-16,19H,17-18H2,1-3H3,(H,27,29)/t19-/m0/s1. The van der Waals surface area contributed by atoms with Crippen LogP contribution in [0.1, 0.15) is 34.5 Å². The first-order valence-electron chi connectivity index (χ1n) is 10.9. The van der Waals surface area contributed by atoms with Gasteiger partial charge in [-0.25, -0.2) is 13.2 Å². The quantitative estimate of drug-likeness (QED) is 0.431. The maximum Gasteiger partial charge on any atom is 0.338 e. The van der Waals surface area contributed by atoms with Crippen LogP contribution in [0.5, 0.6) is 5.75 Å². The Bertz CT molecular complexity index is 1260. The smallest absolute Gasteiger partial charge is 0.338 e. The van der Waals surface area contributed by atoms with Crippen molar-refractivity contribution < 1.29 is 27.5 Å². The highest BCUT2D eigenvalue weighted by Gasteiger charge is 2.27. The Labute approximate surface area is 205 Å². The Morgan fingerprint density at radius 3 is 2.23 bits per heavy atom. The van der Waals surface area contributed by atoms with Crippen LogP contribution in [0.4, 0.5) is 0 Å². The minimum Gasteiger partial charge on any atom is -0.495 e. The predicted octanol–water partition coefficient (Wildman–Crippen LogP) is 3.55. The van der Waals surface area contributed by atoms with Crippen LogP contribution in [0.2, 0.25) is 0 Å². The molecule has 0 spiro atoms. The Hall–Kier alpha value is -3.69. The molecule has 35 heavy (non-hydrogen) atoms. The number of carbonyl (C=O) groups excluding carboxylic acids is 2. The zero-order valence-corrected chi connectivity index (χ0v) is 20.6. The van der Waals surface area contributed by atoms with Crippen LogP contribution >= 0.6 is 0 Å². The molecule has 9 heteroatoms. The lowest BCUT2D eigenvalue weighted by atomic mass is 10.1. The van der Waals surface area contributed by atoms with Gasteiger partial charge in [0.15, 0.2) is 6.61 Å². The summed E-state index contributed by atoms with van der Waals surface area (Å²) in [6.45, 7) is 1.46. The average molecular weight is 497 g/mol. The highest BCUT2D eigenvalue weighted by Crippen LogP contribution is 2.28. The summed E-state index contributed by atoms with van der Waals surface area (Å²) in [5.74, 6) is -1.20. The minimum atomic E-state index is -3.99. The molecule has 0 unspecified atom stereocenters. The van der Waals surface area contributed by atoms with Gasteiger partial charge in [0, 0.05) is 13.6 Å². The molecule has 0 aromatic heterocycles. The van der Waals surface area contributed by atoms with E-state index in [1.165, 1.54) is 36.7 Å². The molecule has 0 aliphatic heterocycles. The molecule has 3 aromatic rings. The number of nitrogens with zero attached hydrogens (tertiary/aromatic N) is 1. The molecule has 3 rings (SSSR count). The fourth-order valence-corrected chi connectivity index (χ4v) is 4.76. The van der Waals surface area contributed by atoms with Gasteiger partial charge in [-0.2, -0.15) is 4.31 Å². The topological polar surface area (TPSA) is 102 Å². The first-order chi connectivity index (χ1) is 16.7. The highest BCUT2D eigenvalue weighted by molar-refractivity contribution is 7.89. The van der Waals surface area contributed by atoms with Crippen molar-refractivity contribution >= 4 is 21.9 Å². The molecule has 0 heterocycles. The second-order valence-electron chi connectivity index (χ2n) is 7.89. The van der Waals surface area contributed by atoms with Gasteiger partial charge in [-0.05, 0) is 36.2 Å². The Morgan fingerprint density at radius 1 is 0.971 bits per heavy atom. The maximum atomic E-state index is 13.2. The van der Waals surface area contributed by atoms with Crippen molar-refractivity contribution in [2.75, 3.05) is 20.8 Å². The number of ether oxygens (including phenoxy) is 2. The molecular formula is C26H28N2O6S. The van der Waals surface area contributed by atoms with Crippen molar-refractivity contribution in [2.24, 2.45) is 0 Å². The molecule has 0 aliphatic rings. The van der Waals surface area contributed by atoms with Crippen LogP contribution in [0.25, 0.3) is 0 Å². The van der Waals surface area contributed by atoms with E-state index >= 15 is 0 Å². The summed E-state index contributed by atoms with van der Waals surface area (Å²) >= 11 is 0. The van der Waals surface area contributed by atoms with Crippen LogP contribution in [0.3, 0.4) is 0 Å². The molecule has 0 radical (unpaired) electrons. The van der Waals surface area contributed by atoms with Crippen molar-refractivity contribution in [1.29, 1.82) is 0 Å². The predicted molar refractivity (Wildman–Crippen MR) is 131 cm³/mol. The molecule has 8 nitrogen and oxygen atoms in total. The molecule has 0 saturated carbocycles. The number of hydrogen-bond donors (Lipinski definition) is 1. The maximum absolute atomic E-state index is 13.2. The van der Waals surface area contributed by atoms with Gasteiger partial charge >= 0.3 is 5.97 Å². The molecule has 0 bridgehead atoms. The molecule has 1 atom stereocenters. The third-order valence-corrected chi connectivity index (χ3v) is 7.17. The van der Waals surface area contributed by atoms with E-state index in [4.69, 9.17) is 9.47 Å². The van der Waals surface area contributed by atoms with E-state index in [9.17, 15) is 18.0 Å². The Kier molecular flexibility index (Phi) is 8.62. The SMILES string of the molecule is COc1ccc(C(=O)OCC(=O)N[C@@H](C)c2ccccc2)cc1S(=O)(=O)N(C)Cc1ccccc1. The second-order valence-corrected chi connectivity index (χ2v) is 9.90. The lowest BCUT2D eigenvalue weighted by molar-refractivity contribution is -0.124. The van der Waals surface area contributed by atoms with Gasteiger partial charge in [-0.3, -0.25) is 4.79 Å². The van der Waals surface area contributed by atoms with Crippen molar-refractivity contribution in [3.05, 3.63) is 95.6 Å². The van der Waals surface area contributed by atoms with E-state index in [2.05, 4.69) is 5.32 Å². The normalized spacial score (nSPS) is 12.1. The van der Waals surface area contributed by atoms with Crippen LogP contribution in [-0.2, 0) is 26.1 Å². The molecule has 0 aliphatic carbocycles. The molecular weight excluding hydrogens is 468 g/mol. The third kappa shape index (κ3) is 6.68. The summed E-state index contributed by atoms with van der Waals surface area (Å²) in [6, 6.07) is 22.2. The van der Waals surface area contributed by atoms with E-state index in [0.717, 1.165) is 11.1 Å². The van der Waals surface area contributed by atoms with Gasteiger partial charge in [0.05, 0.1) is 18.7 Å². The van der Waals surface area contributed by atoms with Gasteiger partial charge in [0.25, 0.3) is 5.91 Å². The van der Waals surface area contributed by atoms with E-state index < -0.39 is 28.5 Å². The summed E-state index contributed by atoms with van der Waals surface area (Å²) in [5.41, 5.74) is 1.71. The lowest BCUT2D eigenvalue weighted by Gasteiger charge is -2.19. The van der Waals surface area contributed by atoms with E-state index in [1.807, 2.05) is 67.6 Å². The second kappa shape index (κ2) is 11.6. The number of hydrogen-bond acceptors (Lipinski definition) is 6. The number of nitrogens with one attached hydrogen (secondary N) is 1. The molecule has 1 N–H and O–H groups in total. The van der Waals surface area contributed by atoms with Crippen LogP contribution in [0.15, 0.2) is 83.8 Å². The largest absolute Gasteiger partial charge is 0.495 e. The Morgan fingerprint density at radius 2 is 1.60 bits per heavy atom. The summed E-state index contributed by atoms with van der Waals surface area (Å²) in [7, 11) is -1.19. The first-order valence-corrected chi connectivity index (χ1v) is 12.4. The molecule has 3 aromatic carbocycles. The first kappa shape index (κ1) is 25.9. The lowest BCUT2D eigenvalue weighted by Crippen LogP contribution is -2.31. The van der Waals surface area contributed by atoms with Gasteiger partial charge in [0.2, 0.25) is 10.0 Å². The third-order valence-electron chi connectivity index (χ3n) is 5.35. The molecule has 184 valence electrons. The van der Waals surface area contributed by atoms with Crippen molar-refractivity contribution in [3.8, 4) is 5.75 Å². The summed E-state index contributed by atoms with van der Waals surface area (Å²) in [6.07, 6.45) is 0. The average Bonchev–Trinajstić information content (AvgIpc) is 2.87. The number of sulfonamides is 1. The molecule has 0 saturated heterocycles.